The molecule has 1 aromatic rings. The average molecular weight is 277 g/mol. The van der Waals surface area contributed by atoms with Crippen molar-refractivity contribution in [3.63, 3.8) is 0 Å². The SMILES string of the molecule is C[C@H](NC(=O)CCc1ccccn1)C(=O)NC(C)(C)C. The van der Waals surface area contributed by atoms with Crippen molar-refractivity contribution in [3.8, 4) is 0 Å². The summed E-state index contributed by atoms with van der Waals surface area (Å²) in [7, 11) is 0. The lowest BCUT2D eigenvalue weighted by Gasteiger charge is -2.23. The number of carbonyl (C=O) groups is 2. The first-order valence-corrected chi connectivity index (χ1v) is 6.79. The van der Waals surface area contributed by atoms with Gasteiger partial charge >= 0.3 is 0 Å². The van der Waals surface area contributed by atoms with E-state index in [9.17, 15) is 9.59 Å². The molecule has 1 aromatic heterocycles. The van der Waals surface area contributed by atoms with Crippen molar-refractivity contribution in [2.24, 2.45) is 0 Å². The molecule has 0 fully saturated rings. The van der Waals surface area contributed by atoms with Crippen LogP contribution in [-0.4, -0.2) is 28.4 Å². The smallest absolute Gasteiger partial charge is 0.242 e. The first-order valence-electron chi connectivity index (χ1n) is 6.79. The molecular formula is C15H23N3O2. The number of nitrogens with one attached hydrogen (secondary N) is 2. The number of aryl methyl sites for hydroxylation is 1. The van der Waals surface area contributed by atoms with Crippen LogP contribution < -0.4 is 10.6 Å². The zero-order valence-corrected chi connectivity index (χ0v) is 12.6. The van der Waals surface area contributed by atoms with E-state index in [4.69, 9.17) is 0 Å². The minimum absolute atomic E-state index is 0.146. The topological polar surface area (TPSA) is 71.1 Å². The third-order valence-corrected chi connectivity index (χ3v) is 2.60. The lowest BCUT2D eigenvalue weighted by Crippen LogP contribution is -2.50. The van der Waals surface area contributed by atoms with Crippen LogP contribution in [0.1, 0.15) is 39.8 Å². The number of carbonyl (C=O) groups excluding carboxylic acids is 2. The van der Waals surface area contributed by atoms with Crippen LogP contribution in [0, 0.1) is 0 Å². The van der Waals surface area contributed by atoms with Crippen LogP contribution in [-0.2, 0) is 16.0 Å². The largest absolute Gasteiger partial charge is 0.350 e. The summed E-state index contributed by atoms with van der Waals surface area (Å²) < 4.78 is 0. The number of pyridine rings is 1. The number of nitrogens with zero attached hydrogens (tertiary/aromatic N) is 1. The van der Waals surface area contributed by atoms with Gasteiger partial charge in [0.2, 0.25) is 11.8 Å². The summed E-state index contributed by atoms with van der Waals surface area (Å²) in [5.74, 6) is -0.323. The quantitative estimate of drug-likeness (QED) is 0.855. The lowest BCUT2D eigenvalue weighted by molar-refractivity contribution is -0.129. The van der Waals surface area contributed by atoms with E-state index < -0.39 is 6.04 Å². The summed E-state index contributed by atoms with van der Waals surface area (Å²) in [4.78, 5) is 27.8. The van der Waals surface area contributed by atoms with Crippen molar-refractivity contribution in [2.45, 2.75) is 52.1 Å². The lowest BCUT2D eigenvalue weighted by atomic mass is 10.1. The molecular weight excluding hydrogens is 254 g/mol. The fourth-order valence-corrected chi connectivity index (χ4v) is 1.64. The molecule has 0 spiro atoms. The van der Waals surface area contributed by atoms with Gasteiger partial charge < -0.3 is 10.6 Å². The molecule has 1 atom stereocenters. The number of amides is 2. The zero-order valence-electron chi connectivity index (χ0n) is 12.6. The third kappa shape index (κ3) is 6.31. The molecule has 5 nitrogen and oxygen atoms in total. The molecule has 110 valence electrons. The Morgan fingerprint density at radius 1 is 1.30 bits per heavy atom. The molecule has 0 aliphatic heterocycles. The molecule has 1 heterocycles. The van der Waals surface area contributed by atoms with Gasteiger partial charge in [-0.05, 0) is 46.2 Å². The molecule has 0 aromatic carbocycles. The van der Waals surface area contributed by atoms with E-state index in [1.165, 1.54) is 0 Å². The first-order chi connectivity index (χ1) is 9.28. The van der Waals surface area contributed by atoms with Crippen LogP contribution in [0.2, 0.25) is 0 Å². The highest BCUT2D eigenvalue weighted by molar-refractivity contribution is 5.87. The van der Waals surface area contributed by atoms with E-state index in [0.717, 1.165) is 5.69 Å². The molecule has 0 saturated heterocycles. The molecule has 5 heteroatoms. The predicted molar refractivity (Wildman–Crippen MR) is 78.1 cm³/mol. The Morgan fingerprint density at radius 3 is 2.55 bits per heavy atom. The van der Waals surface area contributed by atoms with Gasteiger partial charge in [-0.25, -0.2) is 0 Å². The van der Waals surface area contributed by atoms with E-state index in [0.29, 0.717) is 12.8 Å². The van der Waals surface area contributed by atoms with Gasteiger partial charge in [0.1, 0.15) is 6.04 Å². The monoisotopic (exact) mass is 277 g/mol. The van der Waals surface area contributed by atoms with E-state index >= 15 is 0 Å². The van der Waals surface area contributed by atoms with Gasteiger partial charge in [0, 0.05) is 23.9 Å². The fraction of sp³-hybridized carbons (Fsp3) is 0.533. The average Bonchev–Trinajstić information content (AvgIpc) is 2.35. The molecule has 0 aliphatic rings. The second-order valence-corrected chi connectivity index (χ2v) is 5.85. The van der Waals surface area contributed by atoms with Gasteiger partial charge in [0.25, 0.3) is 0 Å². The van der Waals surface area contributed by atoms with Crippen molar-refractivity contribution in [1.82, 2.24) is 15.6 Å². The van der Waals surface area contributed by atoms with E-state index in [-0.39, 0.29) is 17.4 Å². The molecule has 20 heavy (non-hydrogen) atoms. The molecule has 0 radical (unpaired) electrons. The van der Waals surface area contributed by atoms with Gasteiger partial charge in [-0.15, -0.1) is 0 Å². The van der Waals surface area contributed by atoms with Crippen molar-refractivity contribution in [3.05, 3.63) is 30.1 Å². The van der Waals surface area contributed by atoms with E-state index in [1.54, 1.807) is 13.1 Å². The summed E-state index contributed by atoms with van der Waals surface area (Å²) in [6.07, 6.45) is 2.59. The van der Waals surface area contributed by atoms with Gasteiger partial charge in [-0.3, -0.25) is 14.6 Å². The second kappa shape index (κ2) is 7.03. The summed E-state index contributed by atoms with van der Waals surface area (Å²) >= 11 is 0. The van der Waals surface area contributed by atoms with Gasteiger partial charge in [0.05, 0.1) is 0 Å². The third-order valence-electron chi connectivity index (χ3n) is 2.60. The van der Waals surface area contributed by atoms with Crippen molar-refractivity contribution in [1.29, 1.82) is 0 Å². The number of rotatable bonds is 5. The van der Waals surface area contributed by atoms with Crippen molar-refractivity contribution < 1.29 is 9.59 Å². The minimum Gasteiger partial charge on any atom is -0.350 e. The van der Waals surface area contributed by atoms with Gasteiger partial charge in [0.15, 0.2) is 0 Å². The minimum atomic E-state index is -0.537. The van der Waals surface area contributed by atoms with Gasteiger partial charge in [-0.1, -0.05) is 6.07 Å². The van der Waals surface area contributed by atoms with E-state index in [2.05, 4.69) is 15.6 Å². The van der Waals surface area contributed by atoms with Crippen LogP contribution in [0.25, 0.3) is 0 Å². The maximum atomic E-state index is 11.8. The number of hydrogen-bond donors (Lipinski definition) is 2. The molecule has 0 bridgehead atoms. The summed E-state index contributed by atoms with van der Waals surface area (Å²) in [5, 5.41) is 5.53. The molecule has 0 saturated carbocycles. The maximum Gasteiger partial charge on any atom is 0.242 e. The maximum absolute atomic E-state index is 11.8. The Kier molecular flexibility index (Phi) is 5.67. The van der Waals surface area contributed by atoms with Crippen LogP contribution >= 0.6 is 0 Å². The number of hydrogen-bond acceptors (Lipinski definition) is 3. The predicted octanol–water partition coefficient (Wildman–Crippen LogP) is 1.43. The van der Waals surface area contributed by atoms with Gasteiger partial charge in [-0.2, -0.15) is 0 Å². The Bertz CT molecular complexity index is 452. The van der Waals surface area contributed by atoms with Crippen LogP contribution in [0.5, 0.6) is 0 Å². The van der Waals surface area contributed by atoms with Crippen LogP contribution in [0.4, 0.5) is 0 Å². The highest BCUT2D eigenvalue weighted by Gasteiger charge is 2.20. The molecule has 2 amide bonds. The normalized spacial score (nSPS) is 12.6. The zero-order chi connectivity index (χ0) is 15.2. The van der Waals surface area contributed by atoms with Crippen LogP contribution in [0.3, 0.4) is 0 Å². The Labute approximate surface area is 120 Å². The summed E-state index contributed by atoms with van der Waals surface area (Å²) in [6, 6.07) is 5.07. The van der Waals surface area contributed by atoms with Crippen molar-refractivity contribution >= 4 is 11.8 Å². The highest BCUT2D eigenvalue weighted by atomic mass is 16.2. The Hall–Kier alpha value is -1.91. The van der Waals surface area contributed by atoms with Crippen LogP contribution in [0.15, 0.2) is 24.4 Å². The highest BCUT2D eigenvalue weighted by Crippen LogP contribution is 2.01. The fourth-order valence-electron chi connectivity index (χ4n) is 1.64. The molecule has 0 aliphatic carbocycles. The van der Waals surface area contributed by atoms with Crippen molar-refractivity contribution in [2.75, 3.05) is 0 Å². The summed E-state index contributed by atoms with van der Waals surface area (Å²) in [6.45, 7) is 7.39. The standard InChI is InChI=1S/C15H23N3O2/c1-11(14(20)18-15(2,3)4)17-13(19)9-8-12-7-5-6-10-16-12/h5-7,10-11H,8-9H2,1-4H3,(H,17,19)(H,18,20)/t11-/m0/s1. The van der Waals surface area contributed by atoms with E-state index in [1.807, 2.05) is 39.0 Å². The Morgan fingerprint density at radius 2 is 2.00 bits per heavy atom. The molecule has 0 unspecified atom stereocenters. The number of aromatic nitrogens is 1. The molecule has 1 rings (SSSR count). The molecule has 2 N–H and O–H groups in total. The Balaban J connectivity index is 2.36. The second-order valence-electron chi connectivity index (χ2n) is 5.85. The first kappa shape index (κ1) is 16.1. The summed E-state index contributed by atoms with van der Waals surface area (Å²) in [5.41, 5.74) is 0.568.